The van der Waals surface area contributed by atoms with Gasteiger partial charge in [-0.15, -0.1) is 5.10 Å². The maximum Gasteiger partial charge on any atom is 0.338 e. The summed E-state index contributed by atoms with van der Waals surface area (Å²) in [6.45, 7) is 1.72. The Balaban J connectivity index is 2.10. The molecule has 0 atom stereocenters. The molecule has 0 N–H and O–H groups in total. The van der Waals surface area contributed by atoms with E-state index in [0.717, 1.165) is 17.7 Å². The number of aldehydes is 1. The molecule has 0 saturated heterocycles. The summed E-state index contributed by atoms with van der Waals surface area (Å²) in [4.78, 5) is 27.7. The molecular formula is C9H10N2O3. The Kier molecular flexibility index (Phi) is 2.07. The van der Waals surface area contributed by atoms with Crippen molar-refractivity contribution in [3.63, 3.8) is 0 Å². The van der Waals surface area contributed by atoms with Crippen LogP contribution in [0, 0.1) is 12.8 Å². The highest BCUT2D eigenvalue weighted by molar-refractivity contribution is 5.75. The van der Waals surface area contributed by atoms with Crippen molar-refractivity contribution in [3.05, 3.63) is 17.5 Å². The maximum absolute atomic E-state index is 11.3. The highest BCUT2D eigenvalue weighted by Crippen LogP contribution is 2.29. The quantitative estimate of drug-likeness (QED) is 0.652. The number of carbonyl (C=O) groups is 2. The second-order valence-corrected chi connectivity index (χ2v) is 3.39. The lowest BCUT2D eigenvalue weighted by atomic mass is 10.4. The van der Waals surface area contributed by atoms with Gasteiger partial charge in [0.25, 0.3) is 0 Å². The minimum Gasteiger partial charge on any atom is -0.319 e. The van der Waals surface area contributed by atoms with Crippen LogP contribution in [0.2, 0.25) is 0 Å². The van der Waals surface area contributed by atoms with Crippen LogP contribution in [0.3, 0.4) is 0 Å². The van der Waals surface area contributed by atoms with Gasteiger partial charge in [0.1, 0.15) is 5.69 Å². The topological polar surface area (TPSA) is 61.2 Å². The van der Waals surface area contributed by atoms with Crippen molar-refractivity contribution in [1.29, 1.82) is 0 Å². The number of carbonyl (C=O) groups excluding carboxylic acids is 2. The van der Waals surface area contributed by atoms with E-state index in [1.165, 1.54) is 0 Å². The van der Waals surface area contributed by atoms with Crippen molar-refractivity contribution < 1.29 is 14.4 Å². The van der Waals surface area contributed by atoms with Crippen LogP contribution in [0.15, 0.2) is 6.07 Å². The predicted octanol–water partition coefficient (Wildman–Crippen LogP) is 0.369. The number of hydrogen-bond acceptors (Lipinski definition) is 4. The second kappa shape index (κ2) is 3.25. The first-order chi connectivity index (χ1) is 6.70. The Hall–Kier alpha value is -1.65. The molecule has 1 aromatic rings. The number of rotatable bonds is 3. The Labute approximate surface area is 80.6 Å². The van der Waals surface area contributed by atoms with E-state index in [2.05, 4.69) is 5.10 Å². The van der Waals surface area contributed by atoms with Gasteiger partial charge in [-0.05, 0) is 25.8 Å². The van der Waals surface area contributed by atoms with E-state index in [0.29, 0.717) is 12.0 Å². The zero-order valence-corrected chi connectivity index (χ0v) is 7.77. The smallest absolute Gasteiger partial charge is 0.319 e. The highest BCUT2D eigenvalue weighted by atomic mass is 16.7. The number of hydrogen-bond donors (Lipinski definition) is 0. The molecule has 0 bridgehead atoms. The SMILES string of the molecule is Cc1cc(C=O)nn1OC(=O)C1CC1. The third-order valence-corrected chi connectivity index (χ3v) is 2.07. The molecule has 1 saturated carbocycles. The van der Waals surface area contributed by atoms with E-state index < -0.39 is 0 Å². The largest absolute Gasteiger partial charge is 0.338 e. The van der Waals surface area contributed by atoms with Gasteiger partial charge in [0, 0.05) is 0 Å². The molecule has 0 aromatic carbocycles. The van der Waals surface area contributed by atoms with Crippen molar-refractivity contribution in [2.45, 2.75) is 19.8 Å². The Morgan fingerprint density at radius 1 is 1.71 bits per heavy atom. The van der Waals surface area contributed by atoms with Crippen molar-refractivity contribution in [3.8, 4) is 0 Å². The minimum absolute atomic E-state index is 0.0262. The molecular weight excluding hydrogens is 184 g/mol. The van der Waals surface area contributed by atoms with Gasteiger partial charge in [0.15, 0.2) is 6.29 Å². The van der Waals surface area contributed by atoms with Crippen LogP contribution in [-0.2, 0) is 4.79 Å². The van der Waals surface area contributed by atoms with Gasteiger partial charge in [0.2, 0.25) is 0 Å². The molecule has 1 aliphatic carbocycles. The van der Waals surface area contributed by atoms with E-state index in [9.17, 15) is 9.59 Å². The van der Waals surface area contributed by atoms with Crippen LogP contribution in [0.25, 0.3) is 0 Å². The Bertz CT molecular complexity index is 379. The highest BCUT2D eigenvalue weighted by Gasteiger charge is 2.32. The first-order valence-electron chi connectivity index (χ1n) is 4.44. The molecule has 0 radical (unpaired) electrons. The van der Waals surface area contributed by atoms with Gasteiger partial charge in [-0.3, -0.25) is 4.79 Å². The molecule has 2 rings (SSSR count). The summed E-state index contributed by atoms with van der Waals surface area (Å²) in [6.07, 6.45) is 2.40. The first kappa shape index (κ1) is 8.93. The summed E-state index contributed by atoms with van der Waals surface area (Å²) in [5.41, 5.74) is 0.909. The van der Waals surface area contributed by atoms with E-state index in [4.69, 9.17) is 4.84 Å². The summed E-state index contributed by atoms with van der Waals surface area (Å²) in [7, 11) is 0. The fourth-order valence-electron chi connectivity index (χ4n) is 1.11. The lowest BCUT2D eigenvalue weighted by molar-refractivity contribution is -0.147. The zero-order chi connectivity index (χ0) is 10.1. The monoisotopic (exact) mass is 194 g/mol. The molecule has 0 aliphatic heterocycles. The molecule has 5 nitrogen and oxygen atoms in total. The van der Waals surface area contributed by atoms with E-state index >= 15 is 0 Å². The van der Waals surface area contributed by atoms with Crippen molar-refractivity contribution >= 4 is 12.3 Å². The van der Waals surface area contributed by atoms with E-state index in [1.54, 1.807) is 13.0 Å². The minimum atomic E-state index is -0.270. The van der Waals surface area contributed by atoms with Crippen molar-refractivity contribution in [2.24, 2.45) is 5.92 Å². The summed E-state index contributed by atoms with van der Waals surface area (Å²) < 4.78 is 0. The molecule has 5 heteroatoms. The van der Waals surface area contributed by atoms with Crippen LogP contribution in [-0.4, -0.2) is 22.2 Å². The summed E-state index contributed by atoms with van der Waals surface area (Å²) in [5, 5.41) is 3.78. The lowest BCUT2D eigenvalue weighted by Crippen LogP contribution is -2.23. The molecule has 0 amide bonds. The summed E-state index contributed by atoms with van der Waals surface area (Å²) >= 11 is 0. The fraction of sp³-hybridized carbons (Fsp3) is 0.444. The van der Waals surface area contributed by atoms with Gasteiger partial charge >= 0.3 is 5.97 Å². The Morgan fingerprint density at radius 3 is 2.93 bits per heavy atom. The standard InChI is InChI=1S/C9H10N2O3/c1-6-4-8(5-12)10-11(6)14-9(13)7-2-3-7/h4-5,7H,2-3H2,1H3. The second-order valence-electron chi connectivity index (χ2n) is 3.39. The lowest BCUT2D eigenvalue weighted by Gasteiger charge is -2.02. The van der Waals surface area contributed by atoms with Gasteiger partial charge in [-0.1, -0.05) is 4.85 Å². The van der Waals surface area contributed by atoms with E-state index in [1.807, 2.05) is 0 Å². The van der Waals surface area contributed by atoms with Crippen LogP contribution in [0.5, 0.6) is 0 Å². The van der Waals surface area contributed by atoms with Gasteiger partial charge in [0.05, 0.1) is 11.6 Å². The maximum atomic E-state index is 11.3. The molecule has 0 spiro atoms. The average Bonchev–Trinajstić information content (AvgIpc) is 2.94. The third-order valence-electron chi connectivity index (χ3n) is 2.07. The number of aromatic nitrogens is 2. The van der Waals surface area contributed by atoms with Crippen LogP contribution >= 0.6 is 0 Å². The summed E-state index contributed by atoms with van der Waals surface area (Å²) in [6, 6.07) is 1.56. The number of aryl methyl sites for hydroxylation is 1. The van der Waals surface area contributed by atoms with Crippen molar-refractivity contribution in [2.75, 3.05) is 0 Å². The van der Waals surface area contributed by atoms with Gasteiger partial charge in [-0.2, -0.15) is 0 Å². The average molecular weight is 194 g/mol. The Morgan fingerprint density at radius 2 is 2.43 bits per heavy atom. The molecule has 0 unspecified atom stereocenters. The molecule has 1 aliphatic rings. The molecule has 74 valence electrons. The van der Waals surface area contributed by atoms with Gasteiger partial charge < -0.3 is 4.84 Å². The van der Waals surface area contributed by atoms with Crippen molar-refractivity contribution in [1.82, 2.24) is 9.94 Å². The van der Waals surface area contributed by atoms with E-state index in [-0.39, 0.29) is 17.6 Å². The van der Waals surface area contributed by atoms with Crippen LogP contribution in [0.1, 0.15) is 29.0 Å². The van der Waals surface area contributed by atoms with Crippen LogP contribution in [0.4, 0.5) is 0 Å². The zero-order valence-electron chi connectivity index (χ0n) is 7.77. The first-order valence-corrected chi connectivity index (χ1v) is 4.44. The molecule has 1 aromatic heterocycles. The molecule has 1 fully saturated rings. The third kappa shape index (κ3) is 1.66. The fourth-order valence-corrected chi connectivity index (χ4v) is 1.11. The summed E-state index contributed by atoms with van der Waals surface area (Å²) in [5.74, 6) is -0.244. The number of nitrogens with zero attached hydrogens (tertiary/aromatic N) is 2. The molecule has 14 heavy (non-hydrogen) atoms. The predicted molar refractivity (Wildman–Crippen MR) is 46.7 cm³/mol. The molecule has 1 heterocycles. The normalized spacial score (nSPS) is 15.2. The van der Waals surface area contributed by atoms with Gasteiger partial charge in [-0.25, -0.2) is 4.79 Å². The van der Waals surface area contributed by atoms with Crippen LogP contribution < -0.4 is 4.84 Å².